The molecule has 0 bridgehead atoms. The molecule has 3 fully saturated rings. The summed E-state index contributed by atoms with van der Waals surface area (Å²) >= 11 is 4.97. The number of hydrogen-bond acceptors (Lipinski definition) is 7. The minimum absolute atomic E-state index is 0. The molecule has 0 spiro atoms. The van der Waals surface area contributed by atoms with Gasteiger partial charge in [-0.1, -0.05) is 69.2 Å². The zero-order valence-electron chi connectivity index (χ0n) is 28.7. The van der Waals surface area contributed by atoms with Crippen molar-refractivity contribution < 1.29 is 41.0 Å². The summed E-state index contributed by atoms with van der Waals surface area (Å²) in [6.45, 7) is 8.45. The maximum atomic E-state index is 12.8. The molecular weight excluding hydrogens is 651 g/mol. The number of carbonyl (C=O) groups is 1. The molecule has 10 heteroatoms. The van der Waals surface area contributed by atoms with Crippen LogP contribution in [-0.2, 0) is 50.3 Å². The van der Waals surface area contributed by atoms with E-state index in [-0.39, 0.29) is 29.6 Å². The Hall–Kier alpha value is -1.19. The van der Waals surface area contributed by atoms with Gasteiger partial charge in [-0.3, -0.25) is 0 Å². The SMILES string of the molecule is CN([C]1[CH][CH][C](CN=C([O-])CCCCCCCCCC[S-])[CH]1)C(=O)OCc1ccccc1B1OC(C)(C)C(C)(C)O1.[CH]1[CH][CH][CH][CH]1.[Fe+2]. The van der Waals surface area contributed by atoms with Crippen LogP contribution in [0.15, 0.2) is 29.3 Å². The molecule has 1 saturated heterocycles. The number of hydrogen-bond donors (Lipinski definition) is 0. The first-order valence-corrected chi connectivity index (χ1v) is 17.2. The van der Waals surface area contributed by atoms with Crippen molar-refractivity contribution >= 4 is 37.2 Å². The second kappa shape index (κ2) is 21.8. The van der Waals surface area contributed by atoms with Crippen LogP contribution >= 0.6 is 0 Å². The fourth-order valence-corrected chi connectivity index (χ4v) is 5.22. The summed E-state index contributed by atoms with van der Waals surface area (Å²) in [6, 6.07) is 8.38. The Kier molecular flexibility index (Phi) is 19.5. The Bertz CT molecular complexity index is 1050. The van der Waals surface area contributed by atoms with Crippen molar-refractivity contribution in [3.63, 3.8) is 0 Å². The van der Waals surface area contributed by atoms with Gasteiger partial charge in [-0.2, -0.15) is 5.75 Å². The van der Waals surface area contributed by atoms with E-state index in [1.165, 1.54) is 37.0 Å². The van der Waals surface area contributed by atoms with Crippen LogP contribution in [0.1, 0.15) is 91.0 Å². The van der Waals surface area contributed by atoms with Crippen molar-refractivity contribution in [2.24, 2.45) is 4.99 Å². The van der Waals surface area contributed by atoms with E-state index in [9.17, 15) is 9.90 Å². The molecule has 1 heterocycles. The number of unbranched alkanes of at least 4 members (excludes halogenated alkanes) is 7. The van der Waals surface area contributed by atoms with Crippen LogP contribution < -0.4 is 10.6 Å². The summed E-state index contributed by atoms with van der Waals surface area (Å²) in [4.78, 5) is 18.5. The Morgan fingerprint density at radius 3 is 2.04 bits per heavy atom. The molecule has 1 amide bonds. The number of rotatable bonds is 16. The second-order valence-electron chi connectivity index (χ2n) is 12.8. The van der Waals surface area contributed by atoms with E-state index in [0.717, 1.165) is 42.0 Å². The molecule has 10 radical (unpaired) electrons. The molecular formula is C37H51BFeN2O5S. The van der Waals surface area contributed by atoms with Crippen molar-refractivity contribution in [3.8, 4) is 0 Å². The average Bonchev–Trinajstić information content (AvgIpc) is 3.80. The molecule has 47 heavy (non-hydrogen) atoms. The van der Waals surface area contributed by atoms with E-state index in [0.29, 0.717) is 19.0 Å². The first-order chi connectivity index (χ1) is 22.0. The van der Waals surface area contributed by atoms with Gasteiger partial charge in [0, 0.05) is 19.5 Å². The molecule has 0 N–H and O–H groups in total. The third-order valence-electron chi connectivity index (χ3n) is 8.65. The molecule has 0 atom stereocenters. The number of nitrogens with zero attached hydrogens (tertiary/aromatic N) is 2. The van der Waals surface area contributed by atoms with Crippen LogP contribution in [0.2, 0.25) is 0 Å². The smallest absolute Gasteiger partial charge is 0.862 e. The topological polar surface area (TPSA) is 83.4 Å². The van der Waals surface area contributed by atoms with Crippen molar-refractivity contribution in [1.82, 2.24) is 4.90 Å². The van der Waals surface area contributed by atoms with Gasteiger partial charge in [-0.25, -0.2) is 4.79 Å². The van der Waals surface area contributed by atoms with Gasteiger partial charge in [0.25, 0.3) is 0 Å². The first kappa shape index (κ1) is 42.0. The number of benzene rings is 1. The van der Waals surface area contributed by atoms with Gasteiger partial charge in [0.15, 0.2) is 0 Å². The summed E-state index contributed by atoms with van der Waals surface area (Å²) in [5.41, 5.74) is 0.761. The molecule has 256 valence electrons. The predicted octanol–water partition coefficient (Wildman–Crippen LogP) is 6.12. The summed E-state index contributed by atoms with van der Waals surface area (Å²) in [6.07, 6.45) is 24.8. The Morgan fingerprint density at radius 1 is 0.894 bits per heavy atom. The van der Waals surface area contributed by atoms with Crippen LogP contribution in [0, 0.1) is 63.3 Å². The maximum Gasteiger partial charge on any atom is 2.00 e. The van der Waals surface area contributed by atoms with Crippen molar-refractivity contribution in [2.75, 3.05) is 19.3 Å². The van der Waals surface area contributed by atoms with Gasteiger partial charge >= 0.3 is 30.3 Å². The number of ether oxygens (including phenoxy) is 1. The molecule has 2 saturated carbocycles. The molecule has 2 aliphatic carbocycles. The molecule has 1 aromatic rings. The van der Waals surface area contributed by atoms with E-state index in [1.807, 2.05) is 103 Å². The Morgan fingerprint density at radius 2 is 1.45 bits per heavy atom. The molecule has 7 nitrogen and oxygen atoms in total. The molecule has 4 rings (SSSR count). The maximum absolute atomic E-state index is 12.8. The quantitative estimate of drug-likeness (QED) is 0.0679. The molecule has 3 aliphatic rings. The zero-order chi connectivity index (χ0) is 33.4. The van der Waals surface area contributed by atoms with E-state index >= 15 is 0 Å². The average molecular weight is 703 g/mol. The summed E-state index contributed by atoms with van der Waals surface area (Å²) in [5, 5.41) is 12.2. The molecule has 0 unspecified atom stereocenters. The van der Waals surface area contributed by atoms with Crippen LogP contribution in [0.4, 0.5) is 4.79 Å². The van der Waals surface area contributed by atoms with Crippen LogP contribution in [0.3, 0.4) is 0 Å². The molecule has 1 aliphatic heterocycles. The number of carbonyl (C=O) groups excluding carboxylic acids is 1. The van der Waals surface area contributed by atoms with Gasteiger partial charge < -0.3 is 41.7 Å². The van der Waals surface area contributed by atoms with Gasteiger partial charge in [0.2, 0.25) is 0 Å². The zero-order valence-corrected chi connectivity index (χ0v) is 30.6. The van der Waals surface area contributed by atoms with E-state index < -0.39 is 24.4 Å². The number of aliphatic imine (C=N–C) groups is 1. The van der Waals surface area contributed by atoms with Gasteiger partial charge in [-0.05, 0) is 109 Å². The van der Waals surface area contributed by atoms with Crippen LogP contribution in [-0.4, -0.2) is 54.6 Å². The monoisotopic (exact) mass is 702 g/mol. The van der Waals surface area contributed by atoms with Crippen LogP contribution in [0.5, 0.6) is 0 Å². The third kappa shape index (κ3) is 14.3. The third-order valence-corrected chi connectivity index (χ3v) is 8.94. The Labute approximate surface area is 302 Å². The fraction of sp³-hybridized carbons (Fsp3) is 0.514. The van der Waals surface area contributed by atoms with Gasteiger partial charge in [0.05, 0.1) is 17.2 Å². The van der Waals surface area contributed by atoms with Crippen molar-refractivity contribution in [3.05, 3.63) is 93.2 Å². The van der Waals surface area contributed by atoms with Crippen molar-refractivity contribution in [2.45, 2.75) is 103 Å². The van der Waals surface area contributed by atoms with E-state index in [4.69, 9.17) is 26.7 Å². The summed E-state index contributed by atoms with van der Waals surface area (Å²) < 4.78 is 18.0. The normalized spacial score (nSPS) is 19.3. The van der Waals surface area contributed by atoms with Gasteiger partial charge in [0.1, 0.15) is 6.61 Å². The fourth-order valence-electron chi connectivity index (χ4n) is 5.01. The van der Waals surface area contributed by atoms with Gasteiger partial charge in [-0.15, -0.1) is 0 Å². The largest absolute Gasteiger partial charge is 2.00 e. The minimum atomic E-state index is -0.533. The first-order valence-electron chi connectivity index (χ1n) is 16.6. The Balaban J connectivity index is 0.00000117. The second-order valence-corrected chi connectivity index (χ2v) is 13.2. The van der Waals surface area contributed by atoms with E-state index in [1.54, 1.807) is 7.05 Å². The summed E-state index contributed by atoms with van der Waals surface area (Å²) in [7, 11) is 1.14. The van der Waals surface area contributed by atoms with Crippen molar-refractivity contribution in [1.29, 1.82) is 0 Å². The minimum Gasteiger partial charge on any atom is -0.862 e. The van der Waals surface area contributed by atoms with E-state index in [2.05, 4.69) is 4.99 Å². The predicted molar refractivity (Wildman–Crippen MR) is 187 cm³/mol. The number of amides is 1. The van der Waals surface area contributed by atoms with Crippen LogP contribution in [0.25, 0.3) is 0 Å². The molecule has 1 aromatic carbocycles. The molecule has 0 aromatic heterocycles. The summed E-state index contributed by atoms with van der Waals surface area (Å²) in [5.74, 6) is 1.69. The standard InChI is InChI=1S/C32H48BN2O5S.C5H5.Fe/c1-31(2)32(3,4)40-33(39-31)28-17-14-13-16-26(28)24-38-30(37)35(5)27-20-19-25(22-27)23-34-29(36)18-12-10-8-6-7-9-11-15-21-41;1-2-4-5-3-1;/h13-14,16-17,19-20,22,41H,6-12,15,18,21,23-24H2,1-5H3,(H,34,36);1-5H;/q;;+2/p-2.